The van der Waals surface area contributed by atoms with Crippen LogP contribution in [0.1, 0.15) is 5.56 Å². The summed E-state index contributed by atoms with van der Waals surface area (Å²) < 4.78 is 0. The first-order valence-electron chi connectivity index (χ1n) is 5.63. The molecule has 4 nitrogen and oxygen atoms in total. The molecule has 2 aliphatic rings. The number of rotatable bonds is 1. The smallest absolute Gasteiger partial charge is 0.162 e. The zero-order chi connectivity index (χ0) is 10.8. The van der Waals surface area contributed by atoms with Crippen LogP contribution in [0.2, 0.25) is 0 Å². The van der Waals surface area contributed by atoms with Crippen LogP contribution in [0, 0.1) is 0 Å². The second kappa shape index (κ2) is 4.06. The van der Waals surface area contributed by atoms with E-state index < -0.39 is 0 Å². The standard InChI is InChI=1S/C12H15N3O/c1-2-4-11-10(3-1)9-12(14-16-11)15-7-5-13-6-8-15/h1-4,9,13-14H,5-8H2. The van der Waals surface area contributed by atoms with Crippen molar-refractivity contribution in [2.24, 2.45) is 0 Å². The Morgan fingerprint density at radius 3 is 2.81 bits per heavy atom. The molecule has 84 valence electrons. The first-order valence-corrected chi connectivity index (χ1v) is 5.63. The van der Waals surface area contributed by atoms with Crippen LogP contribution in [-0.2, 0) is 0 Å². The molecule has 0 spiro atoms. The van der Waals surface area contributed by atoms with Crippen LogP contribution in [0.25, 0.3) is 6.08 Å². The molecule has 0 aromatic heterocycles. The van der Waals surface area contributed by atoms with Gasteiger partial charge in [-0.15, -0.1) is 0 Å². The number of benzene rings is 1. The van der Waals surface area contributed by atoms with Gasteiger partial charge in [-0.2, -0.15) is 0 Å². The highest BCUT2D eigenvalue weighted by Crippen LogP contribution is 2.24. The number of nitrogens with zero attached hydrogens (tertiary/aromatic N) is 1. The van der Waals surface area contributed by atoms with Crippen molar-refractivity contribution in [1.29, 1.82) is 0 Å². The first-order chi connectivity index (χ1) is 7.93. The molecule has 0 amide bonds. The number of hydroxylamine groups is 1. The molecule has 3 rings (SSSR count). The Labute approximate surface area is 94.8 Å². The van der Waals surface area contributed by atoms with E-state index in [0.29, 0.717) is 0 Å². The van der Waals surface area contributed by atoms with Crippen molar-refractivity contribution < 1.29 is 4.84 Å². The van der Waals surface area contributed by atoms with Crippen LogP contribution in [-0.4, -0.2) is 31.1 Å². The topological polar surface area (TPSA) is 36.5 Å². The monoisotopic (exact) mass is 217 g/mol. The summed E-state index contributed by atoms with van der Waals surface area (Å²) in [5, 5.41) is 3.34. The highest BCUT2D eigenvalue weighted by molar-refractivity contribution is 5.60. The Balaban J connectivity index is 1.85. The van der Waals surface area contributed by atoms with Gasteiger partial charge in [-0.1, -0.05) is 18.2 Å². The van der Waals surface area contributed by atoms with Gasteiger partial charge >= 0.3 is 0 Å². The lowest BCUT2D eigenvalue weighted by molar-refractivity contribution is 0.161. The maximum atomic E-state index is 5.51. The van der Waals surface area contributed by atoms with E-state index >= 15 is 0 Å². The highest BCUT2D eigenvalue weighted by Gasteiger charge is 2.17. The minimum Gasteiger partial charge on any atom is -0.380 e. The molecule has 4 heteroatoms. The normalized spacial score (nSPS) is 19.2. The SMILES string of the molecule is C1=C(N2CCNCC2)NOc2ccccc21. The van der Waals surface area contributed by atoms with Crippen LogP contribution in [0.3, 0.4) is 0 Å². The van der Waals surface area contributed by atoms with Gasteiger partial charge in [0.2, 0.25) is 0 Å². The lowest BCUT2D eigenvalue weighted by atomic mass is 10.1. The first kappa shape index (κ1) is 9.54. The van der Waals surface area contributed by atoms with Crippen LogP contribution >= 0.6 is 0 Å². The molecule has 0 unspecified atom stereocenters. The largest absolute Gasteiger partial charge is 0.380 e. The minimum absolute atomic E-state index is 0.890. The Bertz CT molecular complexity index is 410. The Kier molecular flexibility index (Phi) is 2.42. The number of hydrogen-bond donors (Lipinski definition) is 2. The molecule has 16 heavy (non-hydrogen) atoms. The fraction of sp³-hybridized carbons (Fsp3) is 0.333. The third-order valence-electron chi connectivity index (χ3n) is 2.93. The van der Waals surface area contributed by atoms with Gasteiger partial charge in [-0.05, 0) is 12.1 Å². The number of hydrogen-bond acceptors (Lipinski definition) is 4. The second-order valence-electron chi connectivity index (χ2n) is 4.01. The zero-order valence-electron chi connectivity index (χ0n) is 9.07. The van der Waals surface area contributed by atoms with Gasteiger partial charge in [-0.25, -0.2) is 5.48 Å². The molecule has 0 bridgehead atoms. The molecule has 2 heterocycles. The predicted molar refractivity (Wildman–Crippen MR) is 62.6 cm³/mol. The van der Waals surface area contributed by atoms with Crippen molar-refractivity contribution in [2.45, 2.75) is 0 Å². The predicted octanol–water partition coefficient (Wildman–Crippen LogP) is 0.787. The summed E-state index contributed by atoms with van der Waals surface area (Å²) in [6.07, 6.45) is 2.14. The van der Waals surface area contributed by atoms with E-state index in [0.717, 1.165) is 43.3 Å². The number of piperazine rings is 1. The summed E-state index contributed by atoms with van der Waals surface area (Å²) in [4.78, 5) is 7.81. The molecule has 1 fully saturated rings. The lowest BCUT2D eigenvalue weighted by Crippen LogP contribution is -2.46. The van der Waals surface area contributed by atoms with Crippen molar-refractivity contribution in [1.82, 2.24) is 15.7 Å². The molecule has 0 saturated carbocycles. The van der Waals surface area contributed by atoms with Gasteiger partial charge in [0.1, 0.15) is 5.82 Å². The average Bonchev–Trinajstić information content (AvgIpc) is 2.39. The van der Waals surface area contributed by atoms with Gasteiger partial charge in [0.05, 0.1) is 0 Å². The molecular formula is C12H15N3O. The van der Waals surface area contributed by atoms with Crippen LogP contribution in [0.15, 0.2) is 30.1 Å². The molecule has 2 N–H and O–H groups in total. The van der Waals surface area contributed by atoms with E-state index in [1.54, 1.807) is 0 Å². The van der Waals surface area contributed by atoms with E-state index in [4.69, 9.17) is 4.84 Å². The van der Waals surface area contributed by atoms with Crippen molar-refractivity contribution in [3.63, 3.8) is 0 Å². The Morgan fingerprint density at radius 1 is 1.12 bits per heavy atom. The number of para-hydroxylation sites is 1. The average molecular weight is 217 g/mol. The summed E-state index contributed by atoms with van der Waals surface area (Å²) in [5.74, 6) is 1.95. The Morgan fingerprint density at radius 2 is 1.94 bits per heavy atom. The summed E-state index contributed by atoms with van der Waals surface area (Å²) in [5.41, 5.74) is 4.14. The van der Waals surface area contributed by atoms with Crippen molar-refractivity contribution >= 4 is 6.08 Å². The maximum absolute atomic E-state index is 5.51. The van der Waals surface area contributed by atoms with Gasteiger partial charge < -0.3 is 15.1 Å². The minimum atomic E-state index is 0.890. The van der Waals surface area contributed by atoms with E-state index in [9.17, 15) is 0 Å². The Hall–Kier alpha value is -1.68. The molecule has 1 aromatic carbocycles. The molecule has 1 aromatic rings. The number of fused-ring (bicyclic) bond motifs is 1. The van der Waals surface area contributed by atoms with E-state index in [2.05, 4.69) is 27.8 Å². The van der Waals surface area contributed by atoms with E-state index in [-0.39, 0.29) is 0 Å². The van der Waals surface area contributed by atoms with Crippen molar-refractivity contribution in [2.75, 3.05) is 26.2 Å². The molecule has 0 radical (unpaired) electrons. The van der Waals surface area contributed by atoms with Gasteiger partial charge in [0, 0.05) is 31.7 Å². The maximum Gasteiger partial charge on any atom is 0.162 e. The molecule has 0 atom stereocenters. The second-order valence-corrected chi connectivity index (χ2v) is 4.01. The van der Waals surface area contributed by atoms with E-state index in [1.165, 1.54) is 0 Å². The lowest BCUT2D eigenvalue weighted by Gasteiger charge is -2.33. The van der Waals surface area contributed by atoms with Crippen molar-refractivity contribution in [3.05, 3.63) is 35.6 Å². The summed E-state index contributed by atoms with van der Waals surface area (Å²) in [6.45, 7) is 4.09. The third kappa shape index (κ3) is 1.72. The van der Waals surface area contributed by atoms with Crippen LogP contribution in [0.5, 0.6) is 5.75 Å². The molecule has 0 aliphatic carbocycles. The van der Waals surface area contributed by atoms with Crippen molar-refractivity contribution in [3.8, 4) is 5.75 Å². The summed E-state index contributed by atoms with van der Waals surface area (Å²) in [6, 6.07) is 8.04. The van der Waals surface area contributed by atoms with Gasteiger partial charge in [0.15, 0.2) is 5.75 Å². The molecule has 1 saturated heterocycles. The number of nitrogens with one attached hydrogen (secondary N) is 2. The molecule has 2 aliphatic heterocycles. The molecular weight excluding hydrogens is 202 g/mol. The summed E-state index contributed by atoms with van der Waals surface area (Å²) >= 11 is 0. The van der Waals surface area contributed by atoms with E-state index in [1.807, 2.05) is 18.2 Å². The van der Waals surface area contributed by atoms with Crippen LogP contribution < -0.4 is 15.6 Å². The third-order valence-corrected chi connectivity index (χ3v) is 2.93. The summed E-state index contributed by atoms with van der Waals surface area (Å²) in [7, 11) is 0. The fourth-order valence-corrected chi connectivity index (χ4v) is 2.04. The fourth-order valence-electron chi connectivity index (χ4n) is 2.04. The van der Waals surface area contributed by atoms with Gasteiger partial charge in [-0.3, -0.25) is 0 Å². The zero-order valence-corrected chi connectivity index (χ0v) is 9.07. The van der Waals surface area contributed by atoms with Crippen LogP contribution in [0.4, 0.5) is 0 Å². The quantitative estimate of drug-likeness (QED) is 0.729. The highest BCUT2D eigenvalue weighted by atomic mass is 16.6. The van der Waals surface area contributed by atoms with Gasteiger partial charge in [0.25, 0.3) is 0 Å².